The Morgan fingerprint density at radius 2 is 2.13 bits per heavy atom. The van der Waals surface area contributed by atoms with E-state index in [1.54, 1.807) is 11.3 Å². The lowest BCUT2D eigenvalue weighted by molar-refractivity contribution is 0.0121. The maximum absolute atomic E-state index is 6.22. The van der Waals surface area contributed by atoms with Crippen molar-refractivity contribution < 1.29 is 4.74 Å². The summed E-state index contributed by atoms with van der Waals surface area (Å²) in [5.74, 6) is 0.423. The number of thiophene rings is 1. The number of ether oxygens (including phenoxy) is 1. The van der Waals surface area contributed by atoms with Gasteiger partial charge in [-0.2, -0.15) is 11.3 Å². The fourth-order valence-electron chi connectivity index (χ4n) is 1.61. The van der Waals surface area contributed by atoms with E-state index < -0.39 is 0 Å². The highest BCUT2D eigenvalue weighted by Gasteiger charge is 2.24. The predicted octanol–water partition coefficient (Wildman–Crippen LogP) is 3.57. The first-order valence-corrected chi connectivity index (χ1v) is 6.90. The molecule has 0 fully saturated rings. The molecule has 0 bridgehead atoms. The van der Waals surface area contributed by atoms with Crippen LogP contribution in [0.25, 0.3) is 0 Å². The normalized spacial score (nSPS) is 15.6. The van der Waals surface area contributed by atoms with Crippen molar-refractivity contribution in [3.63, 3.8) is 0 Å². The molecule has 0 aromatic carbocycles. The summed E-state index contributed by atoms with van der Waals surface area (Å²) in [6.45, 7) is 6.99. The number of rotatable bonds is 5. The average molecular weight is 292 g/mol. The zero-order valence-corrected chi connectivity index (χ0v) is 11.8. The smallest absolute Gasteiger partial charge is 0.0790 e. The van der Waals surface area contributed by atoms with Crippen LogP contribution in [-0.4, -0.2) is 12.7 Å². The van der Waals surface area contributed by atoms with Crippen LogP contribution in [0.3, 0.4) is 0 Å². The molecule has 86 valence electrons. The summed E-state index contributed by atoms with van der Waals surface area (Å²) in [6, 6.07) is -0.0504. The van der Waals surface area contributed by atoms with Gasteiger partial charge >= 0.3 is 0 Å². The van der Waals surface area contributed by atoms with Gasteiger partial charge in [-0.1, -0.05) is 13.8 Å². The molecule has 2 unspecified atom stereocenters. The quantitative estimate of drug-likeness (QED) is 0.900. The maximum atomic E-state index is 6.22. The molecule has 0 saturated carbocycles. The van der Waals surface area contributed by atoms with E-state index in [2.05, 4.69) is 40.5 Å². The molecule has 2 N–H and O–H groups in total. The zero-order valence-electron chi connectivity index (χ0n) is 9.37. The monoisotopic (exact) mass is 291 g/mol. The maximum Gasteiger partial charge on any atom is 0.0790 e. The van der Waals surface area contributed by atoms with Crippen molar-refractivity contribution in [3.8, 4) is 0 Å². The first-order chi connectivity index (χ1) is 7.07. The molecule has 1 rings (SSSR count). The lowest BCUT2D eigenvalue weighted by Crippen LogP contribution is -2.33. The van der Waals surface area contributed by atoms with Gasteiger partial charge in [0.15, 0.2) is 0 Å². The molecule has 2 atom stereocenters. The molecule has 0 spiro atoms. The second kappa shape index (κ2) is 5.99. The Balaban J connectivity index is 2.80. The van der Waals surface area contributed by atoms with E-state index >= 15 is 0 Å². The molecule has 1 aromatic heterocycles. The molecule has 15 heavy (non-hydrogen) atoms. The van der Waals surface area contributed by atoms with Crippen LogP contribution in [0.1, 0.15) is 32.4 Å². The molecular formula is C11H18BrNOS. The van der Waals surface area contributed by atoms with Crippen molar-refractivity contribution in [2.45, 2.75) is 32.9 Å². The van der Waals surface area contributed by atoms with Crippen LogP contribution in [0, 0.1) is 5.92 Å². The third-order valence-electron chi connectivity index (χ3n) is 2.37. The standard InChI is InChI=1S/C11H18BrNOS/c1-4-14-11(7(2)3)10(13)8-5-15-6-9(8)12/h5-7,10-11H,4,13H2,1-3H3. The second-order valence-corrected chi connectivity index (χ2v) is 5.46. The summed E-state index contributed by atoms with van der Waals surface area (Å²) in [5.41, 5.74) is 7.37. The molecule has 2 nitrogen and oxygen atoms in total. The van der Waals surface area contributed by atoms with Gasteiger partial charge in [-0.3, -0.25) is 0 Å². The third kappa shape index (κ3) is 3.28. The van der Waals surface area contributed by atoms with Gasteiger partial charge in [0.05, 0.1) is 12.1 Å². The molecule has 0 amide bonds. The van der Waals surface area contributed by atoms with E-state index in [-0.39, 0.29) is 12.1 Å². The van der Waals surface area contributed by atoms with Crippen molar-refractivity contribution >= 4 is 27.3 Å². The van der Waals surface area contributed by atoms with E-state index in [0.717, 1.165) is 10.0 Å². The molecule has 0 aliphatic rings. The predicted molar refractivity (Wildman–Crippen MR) is 69.2 cm³/mol. The Morgan fingerprint density at radius 3 is 2.53 bits per heavy atom. The number of nitrogens with two attached hydrogens (primary N) is 1. The van der Waals surface area contributed by atoms with Gasteiger partial charge in [-0.05, 0) is 39.7 Å². The Labute approximate surface area is 104 Å². The summed E-state index contributed by atoms with van der Waals surface area (Å²) in [6.07, 6.45) is 0.0842. The van der Waals surface area contributed by atoms with Crippen molar-refractivity contribution in [1.82, 2.24) is 0 Å². The van der Waals surface area contributed by atoms with Crippen molar-refractivity contribution in [2.75, 3.05) is 6.61 Å². The van der Waals surface area contributed by atoms with Crippen LogP contribution in [-0.2, 0) is 4.74 Å². The summed E-state index contributed by atoms with van der Waals surface area (Å²) < 4.78 is 6.79. The molecular weight excluding hydrogens is 274 g/mol. The lowest BCUT2D eigenvalue weighted by atomic mass is 9.96. The van der Waals surface area contributed by atoms with Gasteiger partial charge in [0.25, 0.3) is 0 Å². The fraction of sp³-hybridized carbons (Fsp3) is 0.636. The van der Waals surface area contributed by atoms with E-state index in [1.165, 1.54) is 0 Å². The highest BCUT2D eigenvalue weighted by Crippen LogP contribution is 2.31. The second-order valence-electron chi connectivity index (χ2n) is 3.86. The van der Waals surface area contributed by atoms with Crippen LogP contribution in [0.4, 0.5) is 0 Å². The molecule has 0 aliphatic heterocycles. The van der Waals surface area contributed by atoms with Crippen LogP contribution < -0.4 is 5.73 Å². The van der Waals surface area contributed by atoms with E-state index in [1.807, 2.05) is 6.92 Å². The Hall–Kier alpha value is 0.100. The summed E-state index contributed by atoms with van der Waals surface area (Å²) in [7, 11) is 0. The first-order valence-electron chi connectivity index (χ1n) is 5.16. The van der Waals surface area contributed by atoms with E-state index in [0.29, 0.717) is 12.5 Å². The number of hydrogen-bond donors (Lipinski definition) is 1. The molecule has 1 heterocycles. The van der Waals surface area contributed by atoms with Crippen LogP contribution in [0.2, 0.25) is 0 Å². The van der Waals surface area contributed by atoms with E-state index in [9.17, 15) is 0 Å². The van der Waals surface area contributed by atoms with Gasteiger partial charge in [0.2, 0.25) is 0 Å². The molecule has 1 aromatic rings. The van der Waals surface area contributed by atoms with Crippen LogP contribution in [0.15, 0.2) is 15.2 Å². The minimum absolute atomic E-state index is 0.0504. The van der Waals surface area contributed by atoms with Gasteiger partial charge in [-0.15, -0.1) is 0 Å². The zero-order chi connectivity index (χ0) is 11.4. The highest BCUT2D eigenvalue weighted by atomic mass is 79.9. The molecule has 0 saturated heterocycles. The first kappa shape index (κ1) is 13.2. The summed E-state index contributed by atoms with van der Waals surface area (Å²) in [4.78, 5) is 0. The van der Waals surface area contributed by atoms with Crippen LogP contribution >= 0.6 is 27.3 Å². The van der Waals surface area contributed by atoms with Crippen molar-refractivity contribution in [2.24, 2.45) is 11.7 Å². The number of halogens is 1. The van der Waals surface area contributed by atoms with Crippen LogP contribution in [0.5, 0.6) is 0 Å². The fourth-order valence-corrected chi connectivity index (χ4v) is 3.22. The van der Waals surface area contributed by atoms with Crippen molar-refractivity contribution in [1.29, 1.82) is 0 Å². The minimum Gasteiger partial charge on any atom is -0.376 e. The topological polar surface area (TPSA) is 35.2 Å². The summed E-state index contributed by atoms with van der Waals surface area (Å²) in [5, 5.41) is 4.14. The minimum atomic E-state index is -0.0504. The lowest BCUT2D eigenvalue weighted by Gasteiger charge is -2.27. The molecule has 4 heteroatoms. The largest absolute Gasteiger partial charge is 0.376 e. The third-order valence-corrected chi connectivity index (χ3v) is 4.12. The Kier molecular flexibility index (Phi) is 5.26. The van der Waals surface area contributed by atoms with Gasteiger partial charge in [0, 0.05) is 16.5 Å². The van der Waals surface area contributed by atoms with E-state index in [4.69, 9.17) is 10.5 Å². The molecule has 0 aliphatic carbocycles. The highest BCUT2D eigenvalue weighted by molar-refractivity contribution is 9.10. The molecule has 0 radical (unpaired) electrons. The van der Waals surface area contributed by atoms with Gasteiger partial charge < -0.3 is 10.5 Å². The number of hydrogen-bond acceptors (Lipinski definition) is 3. The van der Waals surface area contributed by atoms with Gasteiger partial charge in [0.1, 0.15) is 0 Å². The SMILES string of the molecule is CCOC(C(C)C)C(N)c1cscc1Br. The van der Waals surface area contributed by atoms with Gasteiger partial charge in [-0.25, -0.2) is 0 Å². The van der Waals surface area contributed by atoms with Crippen molar-refractivity contribution in [3.05, 3.63) is 20.8 Å². The average Bonchev–Trinajstić information content (AvgIpc) is 2.59. The summed E-state index contributed by atoms with van der Waals surface area (Å²) >= 11 is 5.17. The Morgan fingerprint density at radius 1 is 1.47 bits per heavy atom. The Bertz CT molecular complexity index is 301.